The van der Waals surface area contributed by atoms with E-state index in [1.807, 2.05) is 42.5 Å². The number of nitrogens with two attached hydrogens (primary N) is 1. The molecule has 1 amide bonds. The summed E-state index contributed by atoms with van der Waals surface area (Å²) >= 11 is 0. The van der Waals surface area contributed by atoms with Crippen molar-refractivity contribution in [3.8, 4) is 0 Å². The number of hydrogen-bond acceptors (Lipinski definition) is 2. The Bertz CT molecular complexity index is 645. The van der Waals surface area contributed by atoms with Crippen LogP contribution in [0.2, 0.25) is 0 Å². The molecule has 1 aliphatic rings. The first-order chi connectivity index (χ1) is 11.7. The topological polar surface area (TPSA) is 46.3 Å². The minimum absolute atomic E-state index is 0.218. The highest BCUT2D eigenvalue weighted by Gasteiger charge is 2.25. The van der Waals surface area contributed by atoms with E-state index in [0.717, 1.165) is 24.1 Å². The highest BCUT2D eigenvalue weighted by molar-refractivity contribution is 5.79. The Labute approximate surface area is 144 Å². The monoisotopic (exact) mass is 322 g/mol. The Balaban J connectivity index is 1.74. The quantitative estimate of drug-likeness (QED) is 0.840. The number of amides is 1. The molecule has 3 rings (SSSR count). The van der Waals surface area contributed by atoms with E-state index >= 15 is 0 Å². The molecule has 0 radical (unpaired) electrons. The lowest BCUT2D eigenvalue weighted by Crippen LogP contribution is -2.41. The van der Waals surface area contributed by atoms with Crippen LogP contribution in [-0.2, 0) is 17.8 Å². The zero-order valence-electron chi connectivity index (χ0n) is 14.2. The second-order valence-electron chi connectivity index (χ2n) is 6.72. The van der Waals surface area contributed by atoms with Crippen molar-refractivity contribution in [2.45, 2.75) is 51.1 Å². The first-order valence-corrected chi connectivity index (χ1v) is 8.90. The van der Waals surface area contributed by atoms with Gasteiger partial charge in [-0.05, 0) is 36.1 Å². The van der Waals surface area contributed by atoms with Crippen LogP contribution in [0.15, 0.2) is 54.6 Å². The molecule has 0 atom stereocenters. The lowest BCUT2D eigenvalue weighted by molar-refractivity contribution is -0.134. The number of nitrogen functional groups attached to an aromatic ring is 1. The van der Waals surface area contributed by atoms with Gasteiger partial charge in [-0.3, -0.25) is 4.79 Å². The van der Waals surface area contributed by atoms with Crippen LogP contribution in [0.3, 0.4) is 0 Å². The zero-order valence-corrected chi connectivity index (χ0v) is 14.2. The van der Waals surface area contributed by atoms with Crippen LogP contribution in [0.1, 0.15) is 43.2 Å². The molecule has 1 fully saturated rings. The van der Waals surface area contributed by atoms with E-state index < -0.39 is 0 Å². The summed E-state index contributed by atoms with van der Waals surface area (Å²) in [5, 5.41) is 0. The van der Waals surface area contributed by atoms with E-state index in [1.54, 1.807) is 0 Å². The number of nitrogens with zero attached hydrogens (tertiary/aromatic N) is 1. The Morgan fingerprint density at radius 3 is 2.25 bits per heavy atom. The summed E-state index contributed by atoms with van der Waals surface area (Å²) in [5.74, 6) is 0.218. The van der Waals surface area contributed by atoms with Crippen molar-refractivity contribution in [2.24, 2.45) is 0 Å². The summed E-state index contributed by atoms with van der Waals surface area (Å²) < 4.78 is 0. The largest absolute Gasteiger partial charge is 0.399 e. The normalized spacial score (nSPS) is 15.2. The number of anilines is 1. The highest BCUT2D eigenvalue weighted by Crippen LogP contribution is 2.25. The van der Waals surface area contributed by atoms with E-state index in [1.165, 1.54) is 24.8 Å². The predicted molar refractivity (Wildman–Crippen MR) is 98.4 cm³/mol. The minimum atomic E-state index is 0.218. The van der Waals surface area contributed by atoms with Gasteiger partial charge in [-0.1, -0.05) is 61.7 Å². The van der Waals surface area contributed by atoms with Crippen LogP contribution in [-0.4, -0.2) is 16.8 Å². The van der Waals surface area contributed by atoms with Gasteiger partial charge >= 0.3 is 0 Å². The molecule has 1 saturated carbocycles. The van der Waals surface area contributed by atoms with Gasteiger partial charge < -0.3 is 10.6 Å². The average molecular weight is 322 g/mol. The average Bonchev–Trinajstić information content (AvgIpc) is 2.63. The van der Waals surface area contributed by atoms with E-state index in [4.69, 9.17) is 5.73 Å². The van der Waals surface area contributed by atoms with Crippen molar-refractivity contribution in [3.05, 3.63) is 65.7 Å². The lowest BCUT2D eigenvalue weighted by Gasteiger charge is -2.34. The van der Waals surface area contributed by atoms with Crippen LogP contribution >= 0.6 is 0 Å². The Kier molecular flexibility index (Phi) is 5.52. The van der Waals surface area contributed by atoms with Gasteiger partial charge in [-0.2, -0.15) is 0 Å². The number of rotatable bonds is 5. The standard InChI is InChI=1S/C21H26N2O/c22-19-13-11-17(12-14-19)15-21(24)23(20-9-5-2-6-10-20)16-18-7-3-1-4-8-18/h1,3-4,7-8,11-14,20H,2,5-6,9-10,15-16,22H2. The van der Waals surface area contributed by atoms with Gasteiger partial charge in [0, 0.05) is 18.3 Å². The molecule has 3 heteroatoms. The Morgan fingerprint density at radius 1 is 0.917 bits per heavy atom. The highest BCUT2D eigenvalue weighted by atomic mass is 16.2. The fourth-order valence-corrected chi connectivity index (χ4v) is 3.51. The molecule has 0 aromatic heterocycles. The summed E-state index contributed by atoms with van der Waals surface area (Å²) in [6.45, 7) is 0.708. The summed E-state index contributed by atoms with van der Waals surface area (Å²) in [6, 6.07) is 18.3. The smallest absolute Gasteiger partial charge is 0.227 e. The van der Waals surface area contributed by atoms with Gasteiger partial charge in [0.1, 0.15) is 0 Å². The number of hydrogen-bond donors (Lipinski definition) is 1. The van der Waals surface area contributed by atoms with Crippen LogP contribution in [0.5, 0.6) is 0 Å². The summed E-state index contributed by atoms with van der Waals surface area (Å²) in [7, 11) is 0. The molecule has 2 aromatic carbocycles. The second-order valence-corrected chi connectivity index (χ2v) is 6.72. The molecule has 3 nitrogen and oxygen atoms in total. The van der Waals surface area contributed by atoms with Crippen molar-refractivity contribution in [1.82, 2.24) is 4.90 Å². The second kappa shape index (κ2) is 8.00. The van der Waals surface area contributed by atoms with E-state index in [9.17, 15) is 4.79 Å². The van der Waals surface area contributed by atoms with Gasteiger partial charge in [0.05, 0.1) is 6.42 Å². The minimum Gasteiger partial charge on any atom is -0.399 e. The summed E-state index contributed by atoms with van der Waals surface area (Å²) in [6.07, 6.45) is 6.45. The SMILES string of the molecule is Nc1ccc(CC(=O)N(Cc2ccccc2)C2CCCCC2)cc1. The Morgan fingerprint density at radius 2 is 1.58 bits per heavy atom. The van der Waals surface area contributed by atoms with Crippen molar-refractivity contribution in [2.75, 3.05) is 5.73 Å². The molecule has 2 aromatic rings. The van der Waals surface area contributed by atoms with Gasteiger partial charge in [-0.25, -0.2) is 0 Å². The van der Waals surface area contributed by atoms with Gasteiger partial charge in [0.25, 0.3) is 0 Å². The third-order valence-electron chi connectivity index (χ3n) is 4.87. The first-order valence-electron chi connectivity index (χ1n) is 8.90. The van der Waals surface area contributed by atoms with Crippen molar-refractivity contribution in [1.29, 1.82) is 0 Å². The molecule has 1 aliphatic carbocycles. The molecule has 0 aliphatic heterocycles. The van der Waals surface area contributed by atoms with Gasteiger partial charge in [0.2, 0.25) is 5.91 Å². The van der Waals surface area contributed by atoms with Crippen LogP contribution in [0.4, 0.5) is 5.69 Å². The zero-order chi connectivity index (χ0) is 16.8. The summed E-state index contributed by atoms with van der Waals surface area (Å²) in [4.78, 5) is 15.1. The summed E-state index contributed by atoms with van der Waals surface area (Å²) in [5.41, 5.74) is 8.71. The third kappa shape index (κ3) is 4.38. The van der Waals surface area contributed by atoms with Crippen molar-refractivity contribution < 1.29 is 4.79 Å². The van der Waals surface area contributed by atoms with Gasteiger partial charge in [0.15, 0.2) is 0 Å². The Hall–Kier alpha value is -2.29. The maximum atomic E-state index is 13.0. The maximum Gasteiger partial charge on any atom is 0.227 e. The molecule has 0 heterocycles. The van der Waals surface area contributed by atoms with Crippen LogP contribution < -0.4 is 5.73 Å². The number of carbonyl (C=O) groups is 1. The third-order valence-corrected chi connectivity index (χ3v) is 4.87. The number of benzene rings is 2. The molecule has 126 valence electrons. The fraction of sp³-hybridized carbons (Fsp3) is 0.381. The molecular weight excluding hydrogens is 296 g/mol. The van der Waals surface area contributed by atoms with E-state index in [-0.39, 0.29) is 5.91 Å². The first kappa shape index (κ1) is 16.6. The molecule has 24 heavy (non-hydrogen) atoms. The fourth-order valence-electron chi connectivity index (χ4n) is 3.51. The van der Waals surface area contributed by atoms with E-state index in [2.05, 4.69) is 17.0 Å². The number of carbonyl (C=O) groups excluding carboxylic acids is 1. The van der Waals surface area contributed by atoms with Crippen LogP contribution in [0, 0.1) is 0 Å². The predicted octanol–water partition coefficient (Wildman–Crippen LogP) is 4.17. The maximum absolute atomic E-state index is 13.0. The van der Waals surface area contributed by atoms with Crippen LogP contribution in [0.25, 0.3) is 0 Å². The lowest BCUT2D eigenvalue weighted by atomic mass is 9.93. The van der Waals surface area contributed by atoms with Crippen molar-refractivity contribution >= 4 is 11.6 Å². The van der Waals surface area contributed by atoms with E-state index in [0.29, 0.717) is 19.0 Å². The molecule has 0 spiro atoms. The van der Waals surface area contributed by atoms with Crippen molar-refractivity contribution in [3.63, 3.8) is 0 Å². The molecule has 0 bridgehead atoms. The molecule has 2 N–H and O–H groups in total. The molecule has 0 unspecified atom stereocenters. The molecular formula is C21H26N2O. The molecule has 0 saturated heterocycles. The van der Waals surface area contributed by atoms with Gasteiger partial charge in [-0.15, -0.1) is 0 Å².